The lowest BCUT2D eigenvalue weighted by Crippen LogP contribution is -2.22. The van der Waals surface area contributed by atoms with Crippen LogP contribution in [-0.4, -0.2) is 28.9 Å². The van der Waals surface area contributed by atoms with Crippen molar-refractivity contribution in [1.82, 2.24) is 0 Å². The number of carbonyl (C=O) groups is 3. The largest absolute Gasteiger partial charge is 0.481 e. The number of carbonyl (C=O) groups excluding carboxylic acids is 2. The molecule has 0 rings (SSSR count). The molecule has 0 aromatic heterocycles. The number of Topliss-reactive ketones (excluding diaryl/α,β-unsaturated/α-hetero) is 1. The second-order valence-corrected chi connectivity index (χ2v) is 2.37. The Kier molecular flexibility index (Phi) is 3.96. The third-order valence-electron chi connectivity index (χ3n) is 1.06. The SMILES string of the molecule is CC(=O)C(=O)OC(C)CC(=O)O. The number of carboxylic acid groups (broad SMARTS) is 1. The molecule has 0 fully saturated rings. The molecule has 0 aliphatic rings. The molecule has 5 nitrogen and oxygen atoms in total. The molecule has 0 aliphatic heterocycles. The Hall–Kier alpha value is -1.39. The van der Waals surface area contributed by atoms with E-state index in [-0.39, 0.29) is 6.42 Å². The Labute approximate surface area is 69.3 Å². The molecule has 0 radical (unpaired) electrons. The van der Waals surface area contributed by atoms with Crippen molar-refractivity contribution in [3.8, 4) is 0 Å². The van der Waals surface area contributed by atoms with Crippen molar-refractivity contribution in [1.29, 1.82) is 0 Å². The molecule has 68 valence electrons. The molecule has 0 aliphatic carbocycles. The number of ether oxygens (including phenoxy) is 1. The average molecular weight is 174 g/mol. The number of hydrogen-bond acceptors (Lipinski definition) is 4. The van der Waals surface area contributed by atoms with Crippen LogP contribution >= 0.6 is 0 Å². The van der Waals surface area contributed by atoms with Gasteiger partial charge in [0.1, 0.15) is 6.10 Å². The minimum atomic E-state index is -1.07. The number of aliphatic carboxylic acids is 1. The van der Waals surface area contributed by atoms with Gasteiger partial charge in [-0.3, -0.25) is 9.59 Å². The lowest BCUT2D eigenvalue weighted by Gasteiger charge is -2.08. The van der Waals surface area contributed by atoms with Gasteiger partial charge in [-0.05, 0) is 6.92 Å². The van der Waals surface area contributed by atoms with Gasteiger partial charge in [0.2, 0.25) is 5.78 Å². The van der Waals surface area contributed by atoms with Gasteiger partial charge in [0.15, 0.2) is 0 Å². The van der Waals surface area contributed by atoms with Crippen molar-refractivity contribution in [3.63, 3.8) is 0 Å². The van der Waals surface area contributed by atoms with E-state index in [0.717, 1.165) is 6.92 Å². The molecule has 1 atom stereocenters. The fourth-order valence-corrected chi connectivity index (χ4v) is 0.553. The van der Waals surface area contributed by atoms with E-state index < -0.39 is 23.8 Å². The van der Waals surface area contributed by atoms with Gasteiger partial charge in [0.05, 0.1) is 6.42 Å². The zero-order valence-electron chi connectivity index (χ0n) is 6.86. The lowest BCUT2D eigenvalue weighted by molar-refractivity contribution is -0.158. The summed E-state index contributed by atoms with van der Waals surface area (Å²) >= 11 is 0. The molecule has 0 aromatic carbocycles. The average Bonchev–Trinajstić information content (AvgIpc) is 1.84. The van der Waals surface area contributed by atoms with E-state index in [9.17, 15) is 14.4 Å². The molecular formula is C7H10O5. The quantitative estimate of drug-likeness (QED) is 0.478. The predicted molar refractivity (Wildman–Crippen MR) is 38.5 cm³/mol. The molecule has 0 heterocycles. The maximum Gasteiger partial charge on any atom is 0.374 e. The molecule has 12 heavy (non-hydrogen) atoms. The number of rotatable bonds is 4. The van der Waals surface area contributed by atoms with Gasteiger partial charge in [-0.25, -0.2) is 4.79 Å². The van der Waals surface area contributed by atoms with Crippen molar-refractivity contribution < 1.29 is 24.2 Å². The molecular weight excluding hydrogens is 164 g/mol. The predicted octanol–water partition coefficient (Wildman–Crippen LogP) is -0.0182. The normalized spacial score (nSPS) is 11.8. The summed E-state index contributed by atoms with van der Waals surface area (Å²) in [7, 11) is 0. The summed E-state index contributed by atoms with van der Waals surface area (Å²) < 4.78 is 4.45. The highest BCUT2D eigenvalue weighted by molar-refractivity contribution is 6.32. The first-order chi connectivity index (χ1) is 5.43. The van der Waals surface area contributed by atoms with E-state index in [1.807, 2.05) is 0 Å². The van der Waals surface area contributed by atoms with E-state index >= 15 is 0 Å². The summed E-state index contributed by atoms with van der Waals surface area (Å²) in [5.74, 6) is -2.80. The number of hydrogen-bond donors (Lipinski definition) is 1. The topological polar surface area (TPSA) is 80.7 Å². The number of ketones is 1. The first kappa shape index (κ1) is 10.6. The van der Waals surface area contributed by atoms with Crippen LogP contribution < -0.4 is 0 Å². The smallest absolute Gasteiger partial charge is 0.374 e. The standard InChI is InChI=1S/C7H10O5/c1-4(3-6(9)10)12-7(11)5(2)8/h4H,3H2,1-2H3,(H,9,10). The maximum atomic E-state index is 10.6. The van der Waals surface area contributed by atoms with Crippen LogP contribution in [0.25, 0.3) is 0 Å². The second kappa shape index (κ2) is 4.48. The highest BCUT2D eigenvalue weighted by Crippen LogP contribution is 1.97. The number of esters is 1. The van der Waals surface area contributed by atoms with Crippen LogP contribution in [0, 0.1) is 0 Å². The van der Waals surface area contributed by atoms with E-state index in [0.29, 0.717) is 0 Å². The molecule has 0 bridgehead atoms. The Bertz CT molecular complexity index is 208. The van der Waals surface area contributed by atoms with Gasteiger partial charge in [0, 0.05) is 6.92 Å². The molecule has 0 saturated heterocycles. The molecule has 0 aromatic rings. The summed E-state index contributed by atoms with van der Waals surface area (Å²) in [5.41, 5.74) is 0. The van der Waals surface area contributed by atoms with Gasteiger partial charge in [-0.15, -0.1) is 0 Å². The molecule has 0 amide bonds. The maximum absolute atomic E-state index is 10.6. The van der Waals surface area contributed by atoms with E-state index in [4.69, 9.17) is 5.11 Å². The van der Waals surface area contributed by atoms with E-state index in [2.05, 4.69) is 4.74 Å². The number of carboxylic acids is 1. The fourth-order valence-electron chi connectivity index (χ4n) is 0.553. The van der Waals surface area contributed by atoms with Crippen LogP contribution in [0.1, 0.15) is 20.3 Å². The van der Waals surface area contributed by atoms with Gasteiger partial charge in [0.25, 0.3) is 0 Å². The zero-order chi connectivity index (χ0) is 9.72. The van der Waals surface area contributed by atoms with Crippen LogP contribution in [0.5, 0.6) is 0 Å². The fraction of sp³-hybridized carbons (Fsp3) is 0.571. The van der Waals surface area contributed by atoms with Crippen LogP contribution in [-0.2, 0) is 19.1 Å². The van der Waals surface area contributed by atoms with E-state index in [1.165, 1.54) is 6.92 Å². The van der Waals surface area contributed by atoms with Gasteiger partial charge in [-0.1, -0.05) is 0 Å². The minimum absolute atomic E-state index is 0.293. The van der Waals surface area contributed by atoms with Crippen molar-refractivity contribution in [3.05, 3.63) is 0 Å². The monoisotopic (exact) mass is 174 g/mol. The Morgan fingerprint density at radius 3 is 2.25 bits per heavy atom. The Morgan fingerprint density at radius 1 is 1.42 bits per heavy atom. The van der Waals surface area contributed by atoms with Gasteiger partial charge < -0.3 is 9.84 Å². The van der Waals surface area contributed by atoms with Crippen molar-refractivity contribution in [2.75, 3.05) is 0 Å². The molecule has 0 spiro atoms. The second-order valence-electron chi connectivity index (χ2n) is 2.37. The summed E-state index contributed by atoms with van der Waals surface area (Å²) in [6.45, 7) is 2.48. The van der Waals surface area contributed by atoms with Gasteiger partial charge >= 0.3 is 11.9 Å². The molecule has 0 saturated carbocycles. The summed E-state index contributed by atoms with van der Waals surface area (Å²) in [6, 6.07) is 0. The Morgan fingerprint density at radius 2 is 1.92 bits per heavy atom. The van der Waals surface area contributed by atoms with Crippen LogP contribution in [0.3, 0.4) is 0 Å². The third-order valence-corrected chi connectivity index (χ3v) is 1.06. The Balaban J connectivity index is 3.84. The molecule has 1 N–H and O–H groups in total. The first-order valence-corrected chi connectivity index (χ1v) is 3.36. The highest BCUT2D eigenvalue weighted by Gasteiger charge is 2.15. The zero-order valence-corrected chi connectivity index (χ0v) is 6.86. The highest BCUT2D eigenvalue weighted by atomic mass is 16.5. The third kappa shape index (κ3) is 4.43. The van der Waals surface area contributed by atoms with E-state index in [1.54, 1.807) is 0 Å². The molecule has 1 unspecified atom stereocenters. The first-order valence-electron chi connectivity index (χ1n) is 3.36. The molecule has 5 heteroatoms. The van der Waals surface area contributed by atoms with Crippen molar-refractivity contribution >= 4 is 17.7 Å². The minimum Gasteiger partial charge on any atom is -0.481 e. The lowest BCUT2D eigenvalue weighted by atomic mass is 10.3. The summed E-state index contributed by atoms with van der Waals surface area (Å²) in [6.07, 6.45) is -1.06. The van der Waals surface area contributed by atoms with Crippen LogP contribution in [0.2, 0.25) is 0 Å². The van der Waals surface area contributed by atoms with Crippen molar-refractivity contribution in [2.24, 2.45) is 0 Å². The summed E-state index contributed by atoms with van der Waals surface area (Å²) in [4.78, 5) is 31.0. The van der Waals surface area contributed by atoms with Crippen LogP contribution in [0.15, 0.2) is 0 Å². The van der Waals surface area contributed by atoms with Crippen molar-refractivity contribution in [2.45, 2.75) is 26.4 Å². The van der Waals surface area contributed by atoms with Crippen LogP contribution in [0.4, 0.5) is 0 Å². The van der Waals surface area contributed by atoms with Gasteiger partial charge in [-0.2, -0.15) is 0 Å². The summed E-state index contributed by atoms with van der Waals surface area (Å²) in [5, 5.41) is 8.26.